The number of nitriles is 1. The van der Waals surface area contributed by atoms with Crippen LogP contribution in [0.3, 0.4) is 0 Å². The number of nitrogens with one attached hydrogen (secondary N) is 1. The summed E-state index contributed by atoms with van der Waals surface area (Å²) in [5.41, 5.74) is 7.85. The van der Waals surface area contributed by atoms with Gasteiger partial charge >= 0.3 is 0 Å². The van der Waals surface area contributed by atoms with Gasteiger partial charge in [-0.25, -0.2) is 0 Å². The largest absolute Gasteiger partial charge is 0.379 e. The highest BCUT2D eigenvalue weighted by atomic mass is 16.2. The molecule has 29 heavy (non-hydrogen) atoms. The Bertz CT molecular complexity index is 812. The van der Waals surface area contributed by atoms with Crippen molar-refractivity contribution in [3.63, 3.8) is 0 Å². The van der Waals surface area contributed by atoms with E-state index in [1.807, 2.05) is 60.7 Å². The molecular weight excluding hydrogens is 362 g/mol. The average Bonchev–Trinajstić information content (AvgIpc) is 2.78. The third-order valence-corrected chi connectivity index (χ3v) is 5.12. The van der Waals surface area contributed by atoms with Crippen molar-refractivity contribution >= 4 is 5.91 Å². The zero-order valence-electron chi connectivity index (χ0n) is 16.5. The standard InChI is InChI=1S/C23H27N5O/c24-11-12-27-13-15-28(16-14-27)23(29)21(17-25)18-26-22(19-7-3-1-4-8-19)20-9-5-2-6-10-20/h1-10,18,22,26H,11-16,24H2/b21-18-. The molecule has 0 unspecified atom stereocenters. The van der Waals surface area contributed by atoms with Crippen LogP contribution in [-0.2, 0) is 4.79 Å². The Morgan fingerprint density at radius 1 is 1.03 bits per heavy atom. The van der Waals surface area contributed by atoms with Crippen molar-refractivity contribution in [2.24, 2.45) is 5.73 Å². The zero-order chi connectivity index (χ0) is 20.5. The number of rotatable bonds is 7. The van der Waals surface area contributed by atoms with E-state index in [1.165, 1.54) is 0 Å². The molecule has 0 aliphatic carbocycles. The minimum absolute atomic E-state index is 0.120. The summed E-state index contributed by atoms with van der Waals surface area (Å²) in [5, 5.41) is 12.9. The maximum absolute atomic E-state index is 12.8. The van der Waals surface area contributed by atoms with Crippen LogP contribution < -0.4 is 11.1 Å². The molecule has 3 N–H and O–H groups in total. The van der Waals surface area contributed by atoms with Gasteiger partial charge in [0.25, 0.3) is 5.91 Å². The lowest BCUT2D eigenvalue weighted by atomic mass is 9.99. The van der Waals surface area contributed by atoms with Gasteiger partial charge in [0.05, 0.1) is 6.04 Å². The number of carbonyl (C=O) groups excluding carboxylic acids is 1. The topological polar surface area (TPSA) is 85.4 Å². The predicted molar refractivity (Wildman–Crippen MR) is 114 cm³/mol. The maximum Gasteiger partial charge on any atom is 0.266 e. The van der Waals surface area contributed by atoms with E-state index in [-0.39, 0.29) is 17.5 Å². The third-order valence-electron chi connectivity index (χ3n) is 5.12. The van der Waals surface area contributed by atoms with Crippen LogP contribution in [0.2, 0.25) is 0 Å². The van der Waals surface area contributed by atoms with Gasteiger partial charge in [-0.15, -0.1) is 0 Å². The summed E-state index contributed by atoms with van der Waals surface area (Å²) in [6.45, 7) is 4.23. The number of carbonyl (C=O) groups is 1. The molecule has 2 aromatic carbocycles. The Morgan fingerprint density at radius 3 is 2.07 bits per heavy atom. The van der Waals surface area contributed by atoms with Crippen molar-refractivity contribution in [3.05, 3.63) is 83.6 Å². The smallest absolute Gasteiger partial charge is 0.266 e. The predicted octanol–water partition coefficient (Wildman–Crippen LogP) is 1.88. The van der Waals surface area contributed by atoms with Gasteiger partial charge in [-0.3, -0.25) is 9.69 Å². The molecule has 1 amide bonds. The normalized spacial score (nSPS) is 15.2. The van der Waals surface area contributed by atoms with Crippen LogP contribution in [0.25, 0.3) is 0 Å². The zero-order valence-corrected chi connectivity index (χ0v) is 16.5. The van der Waals surface area contributed by atoms with Crippen molar-refractivity contribution in [1.82, 2.24) is 15.1 Å². The summed E-state index contributed by atoms with van der Waals surface area (Å²) in [4.78, 5) is 16.8. The summed E-state index contributed by atoms with van der Waals surface area (Å²) in [7, 11) is 0. The summed E-state index contributed by atoms with van der Waals surface area (Å²) in [5.74, 6) is -0.229. The molecule has 1 heterocycles. The number of amides is 1. The molecule has 150 valence electrons. The molecule has 0 atom stereocenters. The van der Waals surface area contributed by atoms with Crippen molar-refractivity contribution in [1.29, 1.82) is 5.26 Å². The van der Waals surface area contributed by atoms with Crippen LogP contribution in [0.15, 0.2) is 72.4 Å². The Kier molecular flexibility index (Phi) is 7.40. The molecule has 0 saturated carbocycles. The monoisotopic (exact) mass is 389 g/mol. The third kappa shape index (κ3) is 5.44. The summed E-state index contributed by atoms with van der Waals surface area (Å²) in [6.07, 6.45) is 1.55. The van der Waals surface area contributed by atoms with Gasteiger partial charge in [0.2, 0.25) is 0 Å². The quantitative estimate of drug-likeness (QED) is 0.558. The molecule has 1 aliphatic heterocycles. The molecular formula is C23H27N5O. The lowest BCUT2D eigenvalue weighted by Crippen LogP contribution is -2.50. The molecule has 0 bridgehead atoms. The van der Waals surface area contributed by atoms with E-state index < -0.39 is 0 Å². The summed E-state index contributed by atoms with van der Waals surface area (Å²) >= 11 is 0. The molecule has 1 aliphatic rings. The molecule has 1 fully saturated rings. The number of nitrogens with zero attached hydrogens (tertiary/aromatic N) is 3. The number of piperazine rings is 1. The van der Waals surface area contributed by atoms with Crippen molar-refractivity contribution < 1.29 is 4.79 Å². The fraction of sp³-hybridized carbons (Fsp3) is 0.304. The van der Waals surface area contributed by atoms with Crippen LogP contribution in [0, 0.1) is 11.3 Å². The summed E-state index contributed by atoms with van der Waals surface area (Å²) in [6, 6.07) is 21.9. The Hall–Kier alpha value is -3.14. The van der Waals surface area contributed by atoms with Gasteiger partial charge in [-0.05, 0) is 11.1 Å². The van der Waals surface area contributed by atoms with Crippen LogP contribution in [0.4, 0.5) is 0 Å². The van der Waals surface area contributed by atoms with Gasteiger partial charge in [-0.2, -0.15) is 5.26 Å². The number of benzene rings is 2. The highest BCUT2D eigenvalue weighted by molar-refractivity contribution is 5.97. The summed E-state index contributed by atoms with van der Waals surface area (Å²) < 4.78 is 0. The first-order valence-electron chi connectivity index (χ1n) is 9.91. The Morgan fingerprint density at radius 2 is 1.59 bits per heavy atom. The second-order valence-corrected chi connectivity index (χ2v) is 7.01. The lowest BCUT2D eigenvalue weighted by Gasteiger charge is -2.34. The van der Waals surface area contributed by atoms with E-state index in [0.717, 1.165) is 30.8 Å². The molecule has 0 aromatic heterocycles. The Balaban J connectivity index is 1.74. The second kappa shape index (κ2) is 10.4. The minimum Gasteiger partial charge on any atom is -0.379 e. The fourth-order valence-electron chi connectivity index (χ4n) is 3.51. The minimum atomic E-state index is -0.229. The van der Waals surface area contributed by atoms with Gasteiger partial charge in [0.1, 0.15) is 11.6 Å². The van der Waals surface area contributed by atoms with E-state index in [9.17, 15) is 10.1 Å². The van der Waals surface area contributed by atoms with Crippen molar-refractivity contribution in [3.8, 4) is 6.07 Å². The SMILES string of the molecule is N#C/C(=C/NC(c1ccccc1)c1ccccc1)C(=O)N1CCN(CCN)CC1. The average molecular weight is 390 g/mol. The maximum atomic E-state index is 12.8. The first-order chi connectivity index (χ1) is 14.2. The first-order valence-corrected chi connectivity index (χ1v) is 9.91. The van der Waals surface area contributed by atoms with Crippen LogP contribution in [0.1, 0.15) is 17.2 Å². The molecule has 2 aromatic rings. The van der Waals surface area contributed by atoms with Gasteiger partial charge in [0.15, 0.2) is 0 Å². The Labute approximate surface area is 172 Å². The van der Waals surface area contributed by atoms with Gasteiger partial charge in [-0.1, -0.05) is 60.7 Å². The van der Waals surface area contributed by atoms with Crippen LogP contribution in [0.5, 0.6) is 0 Å². The molecule has 0 radical (unpaired) electrons. The van der Waals surface area contributed by atoms with Crippen molar-refractivity contribution in [2.45, 2.75) is 6.04 Å². The van der Waals surface area contributed by atoms with E-state index in [4.69, 9.17) is 5.73 Å². The first kappa shape index (κ1) is 20.6. The van der Waals surface area contributed by atoms with Gasteiger partial charge in [0, 0.05) is 45.5 Å². The number of hydrogen-bond acceptors (Lipinski definition) is 5. The fourth-order valence-corrected chi connectivity index (χ4v) is 3.51. The van der Waals surface area contributed by atoms with Gasteiger partial charge < -0.3 is 16.0 Å². The lowest BCUT2D eigenvalue weighted by molar-refractivity contribution is -0.128. The second-order valence-electron chi connectivity index (χ2n) is 7.01. The van der Waals surface area contributed by atoms with Crippen molar-refractivity contribution in [2.75, 3.05) is 39.3 Å². The molecule has 3 rings (SSSR count). The molecule has 1 saturated heterocycles. The van der Waals surface area contributed by atoms with E-state index in [2.05, 4.69) is 16.3 Å². The highest BCUT2D eigenvalue weighted by Crippen LogP contribution is 2.22. The molecule has 0 spiro atoms. The van der Waals surface area contributed by atoms with Crippen LogP contribution >= 0.6 is 0 Å². The van der Waals surface area contributed by atoms with E-state index in [1.54, 1.807) is 11.1 Å². The van der Waals surface area contributed by atoms with E-state index in [0.29, 0.717) is 19.6 Å². The molecule has 6 nitrogen and oxygen atoms in total. The highest BCUT2D eigenvalue weighted by Gasteiger charge is 2.23. The van der Waals surface area contributed by atoms with E-state index >= 15 is 0 Å². The van der Waals surface area contributed by atoms with Crippen LogP contribution in [-0.4, -0.2) is 55.0 Å². The number of nitrogens with two attached hydrogens (primary N) is 1. The molecule has 6 heteroatoms. The number of hydrogen-bond donors (Lipinski definition) is 2.